The zero-order valence-corrected chi connectivity index (χ0v) is 11.9. The predicted octanol–water partition coefficient (Wildman–Crippen LogP) is 2.33. The number of amides is 1. The van der Waals surface area contributed by atoms with E-state index < -0.39 is 0 Å². The number of nitrogens with one attached hydrogen (secondary N) is 1. The van der Waals surface area contributed by atoms with E-state index in [0.29, 0.717) is 12.3 Å². The Bertz CT molecular complexity index is 608. The van der Waals surface area contributed by atoms with Crippen LogP contribution < -0.4 is 11.1 Å². The largest absolute Gasteiger partial charge is 0.327 e. The fourth-order valence-electron chi connectivity index (χ4n) is 2.93. The summed E-state index contributed by atoms with van der Waals surface area (Å²) in [5.41, 5.74) is 7.80. The lowest BCUT2D eigenvalue weighted by Gasteiger charge is -2.15. The number of rotatable bonds is 4. The summed E-state index contributed by atoms with van der Waals surface area (Å²) in [5.74, 6) is 0.363. The third kappa shape index (κ3) is 3.31. The Kier molecular flexibility index (Phi) is 4.01. The van der Waals surface area contributed by atoms with Crippen LogP contribution in [0.25, 0.3) is 5.69 Å². The van der Waals surface area contributed by atoms with E-state index >= 15 is 0 Å². The number of nitrogens with zero attached hydrogens (tertiary/aromatic N) is 2. The third-order valence-corrected chi connectivity index (χ3v) is 4.10. The number of aromatic nitrogens is 2. The first-order valence-electron chi connectivity index (χ1n) is 7.36. The number of nitrogens with two attached hydrogens (primary N) is 1. The molecule has 0 saturated heterocycles. The van der Waals surface area contributed by atoms with Gasteiger partial charge in [0.15, 0.2) is 0 Å². The summed E-state index contributed by atoms with van der Waals surface area (Å²) < 4.78 is 1.91. The van der Waals surface area contributed by atoms with Gasteiger partial charge in [-0.25, -0.2) is 4.98 Å². The van der Waals surface area contributed by atoms with Gasteiger partial charge in [0.25, 0.3) is 0 Å². The minimum Gasteiger partial charge on any atom is -0.327 e. The maximum Gasteiger partial charge on any atom is 0.224 e. The monoisotopic (exact) mass is 284 g/mol. The summed E-state index contributed by atoms with van der Waals surface area (Å²) in [7, 11) is 0. The molecule has 1 saturated carbocycles. The van der Waals surface area contributed by atoms with Crippen LogP contribution in [0.5, 0.6) is 0 Å². The van der Waals surface area contributed by atoms with Crippen molar-refractivity contribution in [3.63, 3.8) is 0 Å². The van der Waals surface area contributed by atoms with E-state index in [-0.39, 0.29) is 11.9 Å². The molecule has 0 bridgehead atoms. The van der Waals surface area contributed by atoms with Gasteiger partial charge in [0.2, 0.25) is 5.91 Å². The minimum absolute atomic E-state index is 0.0418. The van der Waals surface area contributed by atoms with Gasteiger partial charge in [-0.15, -0.1) is 0 Å². The van der Waals surface area contributed by atoms with E-state index in [1.165, 1.54) is 0 Å². The lowest BCUT2D eigenvalue weighted by molar-refractivity contribution is -0.117. The molecule has 0 spiro atoms. The number of hydrogen-bond acceptors (Lipinski definition) is 3. The predicted molar refractivity (Wildman–Crippen MR) is 82.1 cm³/mol. The van der Waals surface area contributed by atoms with Gasteiger partial charge in [0.05, 0.1) is 6.33 Å². The number of benzene rings is 1. The molecule has 110 valence electrons. The summed E-state index contributed by atoms with van der Waals surface area (Å²) in [6, 6.07) is 7.91. The van der Waals surface area contributed by atoms with Gasteiger partial charge in [-0.1, -0.05) is 12.5 Å². The van der Waals surface area contributed by atoms with E-state index in [0.717, 1.165) is 30.6 Å². The molecule has 0 aliphatic heterocycles. The smallest absolute Gasteiger partial charge is 0.224 e. The second-order valence-electron chi connectivity index (χ2n) is 5.63. The fourth-order valence-corrected chi connectivity index (χ4v) is 2.93. The summed E-state index contributed by atoms with van der Waals surface area (Å²) in [6.45, 7) is 0. The highest BCUT2D eigenvalue weighted by Gasteiger charge is 2.25. The normalized spacial score (nSPS) is 21.4. The Morgan fingerprint density at radius 1 is 1.43 bits per heavy atom. The number of anilines is 1. The molecule has 1 heterocycles. The van der Waals surface area contributed by atoms with Crippen LogP contribution in [-0.2, 0) is 4.79 Å². The van der Waals surface area contributed by atoms with Crippen molar-refractivity contribution < 1.29 is 4.79 Å². The second-order valence-corrected chi connectivity index (χ2v) is 5.63. The van der Waals surface area contributed by atoms with Crippen molar-refractivity contribution in [3.8, 4) is 5.69 Å². The Morgan fingerprint density at radius 2 is 2.33 bits per heavy atom. The van der Waals surface area contributed by atoms with Crippen LogP contribution in [-0.4, -0.2) is 21.5 Å². The average Bonchev–Trinajstić information content (AvgIpc) is 3.12. The van der Waals surface area contributed by atoms with Gasteiger partial charge in [0, 0.05) is 36.2 Å². The van der Waals surface area contributed by atoms with Gasteiger partial charge in [0.1, 0.15) is 0 Å². The van der Waals surface area contributed by atoms with Crippen molar-refractivity contribution in [2.24, 2.45) is 11.7 Å². The molecule has 0 unspecified atom stereocenters. The van der Waals surface area contributed by atoms with Gasteiger partial charge in [-0.3, -0.25) is 4.79 Å². The maximum atomic E-state index is 12.1. The van der Waals surface area contributed by atoms with Crippen molar-refractivity contribution in [2.75, 3.05) is 5.32 Å². The van der Waals surface area contributed by atoms with Crippen molar-refractivity contribution in [2.45, 2.75) is 31.7 Å². The molecule has 3 rings (SSSR count). The first kappa shape index (κ1) is 13.8. The molecule has 5 heteroatoms. The van der Waals surface area contributed by atoms with E-state index in [4.69, 9.17) is 5.73 Å². The fraction of sp³-hybridized carbons (Fsp3) is 0.375. The van der Waals surface area contributed by atoms with Crippen LogP contribution in [0.4, 0.5) is 5.69 Å². The zero-order valence-electron chi connectivity index (χ0n) is 11.9. The molecule has 0 radical (unpaired) electrons. The number of carbonyl (C=O) groups excluding carboxylic acids is 1. The van der Waals surface area contributed by atoms with Gasteiger partial charge >= 0.3 is 0 Å². The topological polar surface area (TPSA) is 72.9 Å². The van der Waals surface area contributed by atoms with Crippen LogP contribution in [0.3, 0.4) is 0 Å². The van der Waals surface area contributed by atoms with Crippen LogP contribution >= 0.6 is 0 Å². The molecule has 3 N–H and O–H groups in total. The van der Waals surface area contributed by atoms with Crippen LogP contribution in [0.1, 0.15) is 25.7 Å². The molecule has 21 heavy (non-hydrogen) atoms. The molecule has 2 aromatic rings. The molecule has 1 aliphatic carbocycles. The molecule has 1 aromatic heterocycles. The lowest BCUT2D eigenvalue weighted by Crippen LogP contribution is -2.28. The van der Waals surface area contributed by atoms with Gasteiger partial charge in [-0.05, 0) is 37.0 Å². The van der Waals surface area contributed by atoms with Crippen molar-refractivity contribution in [1.82, 2.24) is 9.55 Å². The van der Waals surface area contributed by atoms with E-state index in [1.807, 2.05) is 35.0 Å². The molecule has 1 aliphatic rings. The summed E-state index contributed by atoms with van der Waals surface area (Å²) >= 11 is 0. The van der Waals surface area contributed by atoms with E-state index in [9.17, 15) is 4.79 Å². The average molecular weight is 284 g/mol. The van der Waals surface area contributed by atoms with Crippen LogP contribution in [0, 0.1) is 5.92 Å². The second kappa shape index (κ2) is 6.10. The number of imidazole rings is 1. The first-order valence-corrected chi connectivity index (χ1v) is 7.36. The molecule has 1 amide bonds. The molecule has 5 nitrogen and oxygen atoms in total. The molecular weight excluding hydrogens is 264 g/mol. The lowest BCUT2D eigenvalue weighted by atomic mass is 10.00. The van der Waals surface area contributed by atoms with Crippen molar-refractivity contribution in [3.05, 3.63) is 43.0 Å². The van der Waals surface area contributed by atoms with Gasteiger partial charge < -0.3 is 15.6 Å². The van der Waals surface area contributed by atoms with Crippen molar-refractivity contribution >= 4 is 11.6 Å². The van der Waals surface area contributed by atoms with Crippen LogP contribution in [0.2, 0.25) is 0 Å². The Morgan fingerprint density at radius 3 is 3.05 bits per heavy atom. The quantitative estimate of drug-likeness (QED) is 0.905. The summed E-state index contributed by atoms with van der Waals surface area (Å²) in [5, 5.41) is 2.96. The minimum atomic E-state index is 0.0418. The first-order chi connectivity index (χ1) is 10.2. The van der Waals surface area contributed by atoms with Crippen molar-refractivity contribution in [1.29, 1.82) is 0 Å². The highest BCUT2D eigenvalue weighted by Crippen LogP contribution is 2.27. The standard InChI is InChI=1S/C16H20N4O/c17-15-6-1-3-12(15)9-16(21)19-13-4-2-5-14(10-13)20-8-7-18-11-20/h2,4-5,7-8,10-12,15H,1,3,6,9,17H2,(H,19,21)/t12-,15+/m0/s1. The SMILES string of the molecule is N[C@@H]1CCC[C@H]1CC(=O)Nc1cccc(-n2ccnc2)c1. The Labute approximate surface area is 124 Å². The van der Waals surface area contributed by atoms with Gasteiger partial charge in [-0.2, -0.15) is 0 Å². The Balaban J connectivity index is 1.65. The Hall–Kier alpha value is -2.14. The van der Waals surface area contributed by atoms with E-state index in [1.54, 1.807) is 12.5 Å². The molecular formula is C16H20N4O. The number of carbonyl (C=O) groups is 1. The van der Waals surface area contributed by atoms with E-state index in [2.05, 4.69) is 10.3 Å². The molecule has 1 aromatic carbocycles. The summed E-state index contributed by atoms with van der Waals surface area (Å²) in [4.78, 5) is 16.2. The molecule has 1 fully saturated rings. The van der Waals surface area contributed by atoms with Crippen LogP contribution in [0.15, 0.2) is 43.0 Å². The highest BCUT2D eigenvalue weighted by atomic mass is 16.1. The highest BCUT2D eigenvalue weighted by molar-refractivity contribution is 5.91. The zero-order chi connectivity index (χ0) is 14.7. The molecule has 2 atom stereocenters. The summed E-state index contributed by atoms with van der Waals surface area (Å²) in [6.07, 6.45) is 9.08. The third-order valence-electron chi connectivity index (χ3n) is 4.10. The number of hydrogen-bond donors (Lipinski definition) is 2. The maximum absolute atomic E-state index is 12.1.